The summed E-state index contributed by atoms with van der Waals surface area (Å²) in [4.78, 5) is 12.1. The van der Waals surface area contributed by atoms with E-state index >= 15 is 0 Å². The summed E-state index contributed by atoms with van der Waals surface area (Å²) in [6.45, 7) is 3.10. The molecule has 0 saturated carbocycles. The zero-order valence-corrected chi connectivity index (χ0v) is 8.10. The number of hydrogen-bond acceptors (Lipinski definition) is 3. The van der Waals surface area contributed by atoms with Gasteiger partial charge in [0, 0.05) is 19.2 Å². The number of carboxylic acid groups (broad SMARTS) is 1. The highest BCUT2D eigenvalue weighted by molar-refractivity contribution is 5.79. The van der Waals surface area contributed by atoms with E-state index in [4.69, 9.17) is 10.2 Å². The minimum atomic E-state index is -0.927. The molecule has 0 aromatic carbocycles. The highest BCUT2D eigenvalue weighted by Crippen LogP contribution is 1.92. The second-order valence-corrected chi connectivity index (χ2v) is 3.14. The summed E-state index contributed by atoms with van der Waals surface area (Å²) >= 11 is 0. The Morgan fingerprint density at radius 1 is 1.62 bits per heavy atom. The molecule has 0 heterocycles. The summed E-state index contributed by atoms with van der Waals surface area (Å²) < 4.78 is 0. The van der Waals surface area contributed by atoms with E-state index in [9.17, 15) is 4.79 Å². The predicted molar refractivity (Wildman–Crippen MR) is 50.6 cm³/mol. The largest absolute Gasteiger partial charge is 0.478 e. The molecule has 0 amide bonds. The van der Waals surface area contributed by atoms with E-state index in [2.05, 4.69) is 0 Å². The van der Waals surface area contributed by atoms with Crippen LogP contribution in [0, 0.1) is 0 Å². The molecule has 1 atom stereocenters. The van der Waals surface area contributed by atoms with Crippen LogP contribution in [0.4, 0.5) is 0 Å². The van der Waals surface area contributed by atoms with Gasteiger partial charge in [-0.15, -0.1) is 0 Å². The normalized spacial score (nSPS) is 13.8. The SMILES string of the molecule is CC(O)CCN(C)C/C=C/C(=O)O. The van der Waals surface area contributed by atoms with Gasteiger partial charge >= 0.3 is 5.97 Å². The van der Waals surface area contributed by atoms with Crippen LogP contribution in [-0.2, 0) is 4.79 Å². The topological polar surface area (TPSA) is 60.8 Å². The number of hydrogen-bond donors (Lipinski definition) is 2. The molecule has 0 rings (SSSR count). The van der Waals surface area contributed by atoms with Gasteiger partial charge in [-0.2, -0.15) is 0 Å². The van der Waals surface area contributed by atoms with Crippen LogP contribution < -0.4 is 0 Å². The lowest BCUT2D eigenvalue weighted by atomic mass is 10.3. The molecule has 0 aliphatic carbocycles. The Labute approximate surface area is 78.5 Å². The van der Waals surface area contributed by atoms with Crippen molar-refractivity contribution in [2.45, 2.75) is 19.4 Å². The number of aliphatic hydroxyl groups is 1. The van der Waals surface area contributed by atoms with Gasteiger partial charge in [0.15, 0.2) is 0 Å². The monoisotopic (exact) mass is 187 g/mol. The van der Waals surface area contributed by atoms with Crippen LogP contribution in [0.3, 0.4) is 0 Å². The first kappa shape index (κ1) is 12.1. The van der Waals surface area contributed by atoms with E-state index in [1.807, 2.05) is 11.9 Å². The number of rotatable bonds is 6. The number of aliphatic hydroxyl groups excluding tert-OH is 1. The van der Waals surface area contributed by atoms with Crippen LogP contribution in [0.1, 0.15) is 13.3 Å². The molecule has 4 nitrogen and oxygen atoms in total. The molecule has 0 aliphatic rings. The lowest BCUT2D eigenvalue weighted by Gasteiger charge is -2.14. The number of nitrogens with zero attached hydrogens (tertiary/aromatic N) is 1. The fourth-order valence-corrected chi connectivity index (χ4v) is 0.832. The van der Waals surface area contributed by atoms with Gasteiger partial charge in [-0.3, -0.25) is 0 Å². The molecule has 0 fully saturated rings. The van der Waals surface area contributed by atoms with Crippen LogP contribution >= 0.6 is 0 Å². The van der Waals surface area contributed by atoms with E-state index in [-0.39, 0.29) is 6.10 Å². The van der Waals surface area contributed by atoms with Crippen LogP contribution in [0.25, 0.3) is 0 Å². The molecule has 0 aromatic heterocycles. The maximum atomic E-state index is 10.1. The third-order valence-corrected chi connectivity index (χ3v) is 1.61. The second-order valence-electron chi connectivity index (χ2n) is 3.14. The smallest absolute Gasteiger partial charge is 0.328 e. The molecule has 13 heavy (non-hydrogen) atoms. The number of carbonyl (C=O) groups is 1. The van der Waals surface area contributed by atoms with E-state index in [0.29, 0.717) is 13.0 Å². The molecular formula is C9H17NO3. The average molecular weight is 187 g/mol. The van der Waals surface area contributed by atoms with Gasteiger partial charge in [0.1, 0.15) is 0 Å². The summed E-state index contributed by atoms with van der Waals surface area (Å²) in [5, 5.41) is 17.3. The minimum Gasteiger partial charge on any atom is -0.478 e. The standard InChI is InChI=1S/C9H17NO3/c1-8(11)5-7-10(2)6-3-4-9(12)13/h3-4,8,11H,5-7H2,1-2H3,(H,12,13)/b4-3+. The van der Waals surface area contributed by atoms with Gasteiger partial charge in [-0.05, 0) is 20.4 Å². The van der Waals surface area contributed by atoms with Crippen molar-refractivity contribution in [1.82, 2.24) is 4.90 Å². The minimum absolute atomic E-state index is 0.300. The van der Waals surface area contributed by atoms with Crippen LogP contribution in [0.5, 0.6) is 0 Å². The van der Waals surface area contributed by atoms with Crippen molar-refractivity contribution in [3.05, 3.63) is 12.2 Å². The van der Waals surface area contributed by atoms with Crippen molar-refractivity contribution in [2.75, 3.05) is 20.1 Å². The molecule has 4 heteroatoms. The molecule has 0 aromatic rings. The molecular weight excluding hydrogens is 170 g/mol. The summed E-state index contributed by atoms with van der Waals surface area (Å²) in [6, 6.07) is 0. The first-order chi connectivity index (χ1) is 6.02. The maximum Gasteiger partial charge on any atom is 0.328 e. The Hall–Kier alpha value is -0.870. The third kappa shape index (κ3) is 9.04. The summed E-state index contributed by atoms with van der Waals surface area (Å²) in [5.41, 5.74) is 0. The molecule has 0 aliphatic heterocycles. The van der Waals surface area contributed by atoms with Crippen molar-refractivity contribution < 1.29 is 15.0 Å². The number of aliphatic carboxylic acids is 1. The molecule has 0 radical (unpaired) electrons. The maximum absolute atomic E-state index is 10.1. The first-order valence-corrected chi connectivity index (χ1v) is 4.28. The molecule has 0 saturated heterocycles. The molecule has 76 valence electrons. The molecule has 0 spiro atoms. The predicted octanol–water partition coefficient (Wildman–Crippen LogP) is 0.330. The Balaban J connectivity index is 3.51. The summed E-state index contributed by atoms with van der Waals surface area (Å²) in [5.74, 6) is -0.927. The van der Waals surface area contributed by atoms with Gasteiger partial charge in [0.05, 0.1) is 6.10 Å². The van der Waals surface area contributed by atoms with Crippen molar-refractivity contribution >= 4 is 5.97 Å². The lowest BCUT2D eigenvalue weighted by molar-refractivity contribution is -0.131. The second kappa shape index (κ2) is 6.62. The zero-order valence-electron chi connectivity index (χ0n) is 8.10. The van der Waals surface area contributed by atoms with Crippen LogP contribution in [-0.4, -0.2) is 47.3 Å². The fraction of sp³-hybridized carbons (Fsp3) is 0.667. The summed E-state index contributed by atoms with van der Waals surface area (Å²) in [7, 11) is 1.88. The third-order valence-electron chi connectivity index (χ3n) is 1.61. The van der Waals surface area contributed by atoms with E-state index in [0.717, 1.165) is 12.6 Å². The highest BCUT2D eigenvalue weighted by Gasteiger charge is 1.99. The van der Waals surface area contributed by atoms with Crippen LogP contribution in [0.15, 0.2) is 12.2 Å². The van der Waals surface area contributed by atoms with E-state index in [1.54, 1.807) is 13.0 Å². The van der Waals surface area contributed by atoms with Crippen molar-refractivity contribution in [3.63, 3.8) is 0 Å². The number of carboxylic acids is 1. The molecule has 2 N–H and O–H groups in total. The quantitative estimate of drug-likeness (QED) is 0.588. The average Bonchev–Trinajstić information content (AvgIpc) is 2.00. The van der Waals surface area contributed by atoms with Crippen molar-refractivity contribution in [3.8, 4) is 0 Å². The number of likely N-dealkylation sites (N-methyl/N-ethyl adjacent to an activating group) is 1. The lowest BCUT2D eigenvalue weighted by Crippen LogP contribution is -2.22. The molecule has 0 bridgehead atoms. The summed E-state index contributed by atoms with van der Waals surface area (Å²) in [6.07, 6.45) is 3.12. The van der Waals surface area contributed by atoms with Crippen molar-refractivity contribution in [2.24, 2.45) is 0 Å². The van der Waals surface area contributed by atoms with E-state index < -0.39 is 5.97 Å². The van der Waals surface area contributed by atoms with Crippen molar-refractivity contribution in [1.29, 1.82) is 0 Å². The molecule has 1 unspecified atom stereocenters. The van der Waals surface area contributed by atoms with Crippen LogP contribution in [0.2, 0.25) is 0 Å². The Morgan fingerprint density at radius 3 is 2.69 bits per heavy atom. The first-order valence-electron chi connectivity index (χ1n) is 4.28. The van der Waals surface area contributed by atoms with E-state index in [1.165, 1.54) is 0 Å². The van der Waals surface area contributed by atoms with Gasteiger partial charge in [-0.25, -0.2) is 4.79 Å². The Morgan fingerprint density at radius 2 is 2.23 bits per heavy atom. The Kier molecular flexibility index (Phi) is 6.18. The van der Waals surface area contributed by atoms with Gasteiger partial charge in [0.2, 0.25) is 0 Å². The van der Waals surface area contributed by atoms with Gasteiger partial charge in [-0.1, -0.05) is 6.08 Å². The highest BCUT2D eigenvalue weighted by atomic mass is 16.4. The van der Waals surface area contributed by atoms with Gasteiger partial charge in [0.25, 0.3) is 0 Å². The zero-order chi connectivity index (χ0) is 10.3. The van der Waals surface area contributed by atoms with Gasteiger partial charge < -0.3 is 15.1 Å². The Bertz CT molecular complexity index is 178. The fourth-order valence-electron chi connectivity index (χ4n) is 0.832.